The highest BCUT2D eigenvalue weighted by molar-refractivity contribution is 8.00. The summed E-state index contributed by atoms with van der Waals surface area (Å²) >= 11 is 1.47. The monoisotopic (exact) mass is 134 g/mol. The van der Waals surface area contributed by atoms with E-state index in [1.54, 1.807) is 0 Å². The van der Waals surface area contributed by atoms with Gasteiger partial charge in [-0.3, -0.25) is 0 Å². The summed E-state index contributed by atoms with van der Waals surface area (Å²) in [6.45, 7) is 0.210. The van der Waals surface area contributed by atoms with Gasteiger partial charge in [-0.1, -0.05) is 0 Å². The van der Waals surface area contributed by atoms with Crippen LogP contribution < -0.4 is 0 Å². The van der Waals surface area contributed by atoms with Gasteiger partial charge in [-0.15, -0.1) is 11.8 Å². The van der Waals surface area contributed by atoms with Crippen LogP contribution in [0.5, 0.6) is 0 Å². The van der Waals surface area contributed by atoms with Crippen LogP contribution in [0.1, 0.15) is 12.8 Å². The zero-order valence-electron chi connectivity index (χ0n) is 4.58. The number of aliphatic hydroxyl groups excluding tert-OH is 2. The summed E-state index contributed by atoms with van der Waals surface area (Å²) in [4.78, 5) is 0. The van der Waals surface area contributed by atoms with Crippen LogP contribution in [0.25, 0.3) is 0 Å². The Morgan fingerprint density at radius 1 is 1.50 bits per heavy atom. The molecule has 1 heterocycles. The van der Waals surface area contributed by atoms with Crippen LogP contribution in [0.2, 0.25) is 0 Å². The first-order valence-electron chi connectivity index (χ1n) is 2.77. The van der Waals surface area contributed by atoms with Crippen LogP contribution in [0.3, 0.4) is 0 Å². The molecule has 0 aromatic rings. The van der Waals surface area contributed by atoms with Gasteiger partial charge in [0.2, 0.25) is 0 Å². The minimum absolute atomic E-state index is 0.210. The van der Waals surface area contributed by atoms with Crippen LogP contribution in [-0.2, 0) is 0 Å². The molecule has 1 saturated heterocycles. The maximum absolute atomic E-state index is 8.88. The first-order chi connectivity index (χ1) is 3.83. The topological polar surface area (TPSA) is 40.5 Å². The summed E-state index contributed by atoms with van der Waals surface area (Å²) in [7, 11) is 0. The third kappa shape index (κ3) is 1.37. The molecular formula is C5H10O2S. The van der Waals surface area contributed by atoms with Crippen molar-refractivity contribution < 1.29 is 10.2 Å². The summed E-state index contributed by atoms with van der Waals surface area (Å²) in [5.74, 6) is 0. The largest absolute Gasteiger partial charge is 0.395 e. The minimum Gasteiger partial charge on any atom is -0.395 e. The van der Waals surface area contributed by atoms with Crippen LogP contribution >= 0.6 is 11.8 Å². The Hall–Kier alpha value is 0.270. The first kappa shape index (κ1) is 6.39. The summed E-state index contributed by atoms with van der Waals surface area (Å²) in [5.41, 5.74) is -0.216. The van der Waals surface area contributed by atoms with Crippen molar-refractivity contribution in [2.45, 2.75) is 23.5 Å². The van der Waals surface area contributed by atoms with Gasteiger partial charge >= 0.3 is 0 Å². The predicted octanol–water partition coefficient (Wildman–Crippen LogP) is 0.193. The quantitative estimate of drug-likeness (QED) is 0.538. The molecule has 0 aromatic carbocycles. The Morgan fingerprint density at radius 3 is 2.50 bits per heavy atom. The van der Waals surface area contributed by atoms with Crippen LogP contribution in [0.15, 0.2) is 0 Å². The van der Waals surface area contributed by atoms with E-state index in [4.69, 9.17) is 10.2 Å². The molecule has 8 heavy (non-hydrogen) atoms. The second-order valence-electron chi connectivity index (χ2n) is 1.97. The third-order valence-corrected chi connectivity index (χ3v) is 2.61. The molecule has 0 aromatic heterocycles. The molecule has 48 valence electrons. The van der Waals surface area contributed by atoms with E-state index in [1.165, 1.54) is 11.8 Å². The smallest absolute Gasteiger partial charge is 0.0996 e. The molecular weight excluding hydrogens is 124 g/mol. The number of aliphatic hydroxyl groups is 2. The number of thioether (sulfide) groups is 1. The molecule has 2 atom stereocenters. The van der Waals surface area contributed by atoms with Gasteiger partial charge in [0, 0.05) is 5.25 Å². The lowest BCUT2D eigenvalue weighted by Gasteiger charge is -2.00. The van der Waals surface area contributed by atoms with Crippen molar-refractivity contribution in [3.8, 4) is 0 Å². The van der Waals surface area contributed by atoms with E-state index in [0.717, 1.165) is 12.8 Å². The molecule has 0 aliphatic carbocycles. The third-order valence-electron chi connectivity index (χ3n) is 1.29. The molecule has 2 nitrogen and oxygen atoms in total. The number of hydrogen-bond donors (Lipinski definition) is 2. The fourth-order valence-electron chi connectivity index (χ4n) is 0.821. The molecule has 0 bridgehead atoms. The van der Waals surface area contributed by atoms with Gasteiger partial charge in [-0.2, -0.15) is 0 Å². The van der Waals surface area contributed by atoms with E-state index in [-0.39, 0.29) is 12.0 Å². The lowest BCUT2D eigenvalue weighted by molar-refractivity contribution is 0.255. The van der Waals surface area contributed by atoms with E-state index in [2.05, 4.69) is 0 Å². The van der Waals surface area contributed by atoms with E-state index >= 15 is 0 Å². The standard InChI is InChI=1S/C5H10O2S/c6-3-4-1-2-5(7)8-4/h4-7H,1-3H2/t4-,5?/m1/s1. The normalized spacial score (nSPS) is 38.2. The fraction of sp³-hybridized carbons (Fsp3) is 1.00. The van der Waals surface area contributed by atoms with E-state index in [0.29, 0.717) is 5.25 Å². The summed E-state index contributed by atoms with van der Waals surface area (Å²) in [6, 6.07) is 0. The van der Waals surface area contributed by atoms with Gasteiger partial charge in [-0.25, -0.2) is 0 Å². The summed E-state index contributed by atoms with van der Waals surface area (Å²) in [6.07, 6.45) is 1.80. The average molecular weight is 134 g/mol. The first-order valence-corrected chi connectivity index (χ1v) is 3.71. The van der Waals surface area contributed by atoms with Crippen molar-refractivity contribution in [1.29, 1.82) is 0 Å². The zero-order valence-corrected chi connectivity index (χ0v) is 5.40. The molecule has 0 saturated carbocycles. The maximum atomic E-state index is 8.88. The highest BCUT2D eigenvalue weighted by Crippen LogP contribution is 2.30. The Morgan fingerprint density at radius 2 is 2.25 bits per heavy atom. The second kappa shape index (κ2) is 2.71. The fourth-order valence-corrected chi connectivity index (χ4v) is 1.90. The average Bonchev–Trinajstić information content (AvgIpc) is 2.14. The van der Waals surface area contributed by atoms with E-state index in [9.17, 15) is 0 Å². The van der Waals surface area contributed by atoms with Gasteiger partial charge in [0.05, 0.1) is 12.0 Å². The van der Waals surface area contributed by atoms with Gasteiger partial charge in [0.1, 0.15) is 0 Å². The van der Waals surface area contributed by atoms with Crippen LogP contribution in [0, 0.1) is 0 Å². The van der Waals surface area contributed by atoms with Crippen molar-refractivity contribution in [3.05, 3.63) is 0 Å². The van der Waals surface area contributed by atoms with Crippen molar-refractivity contribution in [1.82, 2.24) is 0 Å². The Kier molecular flexibility index (Phi) is 2.16. The number of hydrogen-bond acceptors (Lipinski definition) is 3. The molecule has 1 aliphatic heterocycles. The lowest BCUT2D eigenvalue weighted by atomic mass is 10.2. The Bertz CT molecular complexity index is 76.8. The Balaban J connectivity index is 2.22. The molecule has 3 heteroatoms. The van der Waals surface area contributed by atoms with Crippen molar-refractivity contribution in [2.24, 2.45) is 0 Å². The van der Waals surface area contributed by atoms with Crippen molar-refractivity contribution in [3.63, 3.8) is 0 Å². The molecule has 2 N–H and O–H groups in total. The Labute approximate surface area is 52.9 Å². The number of rotatable bonds is 1. The second-order valence-corrected chi connectivity index (χ2v) is 3.46. The zero-order chi connectivity index (χ0) is 5.98. The molecule has 0 amide bonds. The summed E-state index contributed by atoms with van der Waals surface area (Å²) in [5, 5.41) is 17.7. The maximum Gasteiger partial charge on any atom is 0.0996 e. The summed E-state index contributed by atoms with van der Waals surface area (Å²) < 4.78 is 0. The minimum atomic E-state index is -0.216. The van der Waals surface area contributed by atoms with Gasteiger partial charge in [0.25, 0.3) is 0 Å². The van der Waals surface area contributed by atoms with Crippen molar-refractivity contribution >= 4 is 11.8 Å². The molecule has 1 rings (SSSR count). The van der Waals surface area contributed by atoms with Gasteiger partial charge in [0.15, 0.2) is 0 Å². The van der Waals surface area contributed by atoms with Crippen LogP contribution in [0.4, 0.5) is 0 Å². The van der Waals surface area contributed by atoms with Gasteiger partial charge in [-0.05, 0) is 12.8 Å². The van der Waals surface area contributed by atoms with Crippen LogP contribution in [-0.4, -0.2) is 27.5 Å². The molecule has 1 unspecified atom stereocenters. The molecule has 0 radical (unpaired) electrons. The molecule has 1 fully saturated rings. The molecule has 0 spiro atoms. The van der Waals surface area contributed by atoms with E-state index < -0.39 is 0 Å². The predicted molar refractivity (Wildman–Crippen MR) is 33.7 cm³/mol. The SMILES string of the molecule is OC[C@H]1CCC(O)S1. The highest BCUT2D eigenvalue weighted by Gasteiger charge is 2.21. The highest BCUT2D eigenvalue weighted by atomic mass is 32.2. The molecule has 1 aliphatic rings. The van der Waals surface area contributed by atoms with Crippen molar-refractivity contribution in [2.75, 3.05) is 6.61 Å². The van der Waals surface area contributed by atoms with E-state index in [1.807, 2.05) is 0 Å². The lowest BCUT2D eigenvalue weighted by Crippen LogP contribution is -2.02. The van der Waals surface area contributed by atoms with Gasteiger partial charge < -0.3 is 10.2 Å².